The molecule has 0 saturated carbocycles. The maximum Gasteiger partial charge on any atom is 0.338 e. The van der Waals surface area contributed by atoms with Gasteiger partial charge in [0.05, 0.1) is 17.4 Å². The SMILES string of the molecule is CN1C(=O)[C@@H](N)CSc2ccccc21.CO[C@@H](C(=O)N[C@H]1CSc2ccccc2N(C)C1=O)[C@H](O)[C@@H](O)[C@H](O)/C=C/c1ccc(F)cc1.CO[C@H]1C(=O)O[C@@H]([C@H](O)/C=C/c2ccc(F)cc2)[C@H]1O.Cl. The van der Waals surface area contributed by atoms with Crippen LogP contribution in [0.15, 0.2) is 119 Å². The number of amides is 3. The van der Waals surface area contributed by atoms with Gasteiger partial charge in [0.25, 0.3) is 5.91 Å². The van der Waals surface area contributed by atoms with Crippen molar-refractivity contribution in [2.24, 2.45) is 5.73 Å². The van der Waals surface area contributed by atoms with E-state index in [0.717, 1.165) is 21.2 Å². The van der Waals surface area contributed by atoms with Crippen LogP contribution in [-0.2, 0) is 33.4 Å². The molecule has 10 atom stereocenters. The normalized spacial score (nSPS) is 22.2. The molecule has 3 aliphatic rings. The molecule has 3 heterocycles. The summed E-state index contributed by atoms with van der Waals surface area (Å²) in [6.45, 7) is 0. The molecule has 0 aliphatic carbocycles. The number of carbonyl (C=O) groups is 4. The summed E-state index contributed by atoms with van der Waals surface area (Å²) in [7, 11) is 5.83. The van der Waals surface area contributed by atoms with Crippen molar-refractivity contribution < 1.29 is 67.7 Å². The highest BCUT2D eigenvalue weighted by molar-refractivity contribution is 7.99. The number of hydrogen-bond acceptors (Lipinski definition) is 15. The number of para-hydroxylation sites is 2. The van der Waals surface area contributed by atoms with Crippen LogP contribution in [-0.4, -0.2) is 150 Å². The molecule has 0 unspecified atom stereocenters. The molecular formula is C48H55ClF2N4O12S2. The Labute approximate surface area is 412 Å². The molecular weight excluding hydrogens is 962 g/mol. The molecule has 0 spiro atoms. The Morgan fingerprint density at radius 1 is 0.768 bits per heavy atom. The number of hydrogen-bond donors (Lipinski definition) is 7. The molecule has 0 radical (unpaired) electrons. The molecule has 372 valence electrons. The van der Waals surface area contributed by atoms with E-state index in [0.29, 0.717) is 16.9 Å². The number of halogens is 3. The number of benzene rings is 4. The second-order valence-corrected chi connectivity index (χ2v) is 17.6. The van der Waals surface area contributed by atoms with Crippen LogP contribution in [0.1, 0.15) is 11.1 Å². The number of aliphatic hydroxyl groups is 5. The quantitative estimate of drug-likeness (QED) is 0.101. The number of esters is 1. The summed E-state index contributed by atoms with van der Waals surface area (Å²) in [5.74, 6) is -1.71. The van der Waals surface area contributed by atoms with Crippen LogP contribution >= 0.6 is 35.9 Å². The third kappa shape index (κ3) is 14.9. The largest absolute Gasteiger partial charge is 0.454 e. The molecule has 69 heavy (non-hydrogen) atoms. The first-order valence-corrected chi connectivity index (χ1v) is 23.0. The Bertz CT molecular complexity index is 2410. The summed E-state index contributed by atoms with van der Waals surface area (Å²) in [5, 5.41) is 53.4. The van der Waals surface area contributed by atoms with Crippen LogP contribution in [0, 0.1) is 11.6 Å². The maximum atomic E-state index is 13.0. The monoisotopic (exact) mass is 1020 g/mol. The standard InChI is InChI=1S/C24H27FN2O6S.C14H15FO5.C10H12N2OS.ClH/c1-27-17-5-3-4-6-19(17)34-13-16(24(27)32)26-23(31)22(33-2)21(30)20(29)18(28)12-9-14-7-10-15(25)11-8-14;1-19-13-11(17)12(20-14(13)18)10(16)7-4-8-2-5-9(15)6-3-8;1-12-8-4-2-3-5-9(8)14-6-7(11)10(12)13;/h3-12,16,18,20-22,28-30H,13H2,1-2H3,(H,26,31);2-7,10-13,16-17H,1H3;2-5,7H,6,11H2,1H3;1H/b12-9+;7-4+;;/t16-,18+,20-,21+,22+;10-,11-,12+,13-;7-;/m010./s1. The molecule has 7 rings (SSSR count). The van der Waals surface area contributed by atoms with Gasteiger partial charge in [-0.3, -0.25) is 14.4 Å². The highest BCUT2D eigenvalue weighted by Crippen LogP contribution is 2.34. The molecule has 16 nitrogen and oxygen atoms in total. The highest BCUT2D eigenvalue weighted by atomic mass is 35.5. The number of methoxy groups -OCH3 is 2. The van der Waals surface area contributed by atoms with E-state index in [1.807, 2.05) is 48.5 Å². The lowest BCUT2D eigenvalue weighted by Gasteiger charge is -2.28. The smallest absolute Gasteiger partial charge is 0.338 e. The minimum atomic E-state index is -1.79. The zero-order valence-electron chi connectivity index (χ0n) is 37.8. The lowest BCUT2D eigenvalue weighted by molar-refractivity contribution is -0.151. The van der Waals surface area contributed by atoms with Crippen molar-refractivity contribution in [2.75, 3.05) is 49.6 Å². The number of anilines is 2. The predicted molar refractivity (Wildman–Crippen MR) is 261 cm³/mol. The van der Waals surface area contributed by atoms with Crippen LogP contribution in [0.25, 0.3) is 12.2 Å². The molecule has 0 aromatic heterocycles. The first-order chi connectivity index (χ1) is 32.4. The van der Waals surface area contributed by atoms with Crippen molar-refractivity contribution in [1.29, 1.82) is 0 Å². The van der Waals surface area contributed by atoms with Crippen LogP contribution < -0.4 is 20.9 Å². The Morgan fingerprint density at radius 2 is 1.26 bits per heavy atom. The lowest BCUT2D eigenvalue weighted by atomic mass is 10.0. The predicted octanol–water partition coefficient (Wildman–Crippen LogP) is 3.20. The number of nitrogens with one attached hydrogen (secondary N) is 1. The van der Waals surface area contributed by atoms with Gasteiger partial charge in [-0.25, -0.2) is 13.6 Å². The third-order valence-corrected chi connectivity index (χ3v) is 13.2. The van der Waals surface area contributed by atoms with E-state index in [1.54, 1.807) is 36.8 Å². The first kappa shape index (κ1) is 56.4. The number of nitrogens with zero attached hydrogens (tertiary/aromatic N) is 2. The van der Waals surface area contributed by atoms with Crippen molar-refractivity contribution >= 4 is 83.1 Å². The van der Waals surface area contributed by atoms with E-state index >= 15 is 0 Å². The second-order valence-electron chi connectivity index (χ2n) is 15.5. The number of likely N-dealkylation sites (N-methyl/N-ethyl adjacent to an activating group) is 2. The van der Waals surface area contributed by atoms with Crippen molar-refractivity contribution in [1.82, 2.24) is 5.32 Å². The molecule has 0 bridgehead atoms. The van der Waals surface area contributed by atoms with E-state index < -0.39 is 78.6 Å². The topological polar surface area (TPSA) is 242 Å². The first-order valence-electron chi connectivity index (χ1n) is 21.0. The number of cyclic esters (lactones) is 1. The average Bonchev–Trinajstić information content (AvgIpc) is 3.52. The second kappa shape index (κ2) is 26.7. The van der Waals surface area contributed by atoms with Crippen molar-refractivity contribution in [2.45, 2.75) is 70.7 Å². The van der Waals surface area contributed by atoms with Gasteiger partial charge in [0.1, 0.15) is 48.2 Å². The van der Waals surface area contributed by atoms with Crippen molar-refractivity contribution in [3.05, 3.63) is 132 Å². The Hall–Kier alpha value is -5.23. The maximum absolute atomic E-state index is 13.0. The van der Waals surface area contributed by atoms with Gasteiger partial charge in [0.2, 0.25) is 11.8 Å². The zero-order valence-corrected chi connectivity index (χ0v) is 40.2. The summed E-state index contributed by atoms with van der Waals surface area (Å²) in [6.07, 6.45) is -5.66. The molecule has 3 aliphatic heterocycles. The Kier molecular flexibility index (Phi) is 21.8. The molecule has 4 aromatic rings. The van der Waals surface area contributed by atoms with Gasteiger partial charge in [-0.2, -0.15) is 0 Å². The van der Waals surface area contributed by atoms with Gasteiger partial charge in [-0.05, 0) is 59.7 Å². The third-order valence-electron chi connectivity index (χ3n) is 10.8. The van der Waals surface area contributed by atoms with Gasteiger partial charge < -0.3 is 60.6 Å². The molecule has 1 saturated heterocycles. The molecule has 3 amide bonds. The highest BCUT2D eigenvalue weighted by Gasteiger charge is 2.47. The van der Waals surface area contributed by atoms with Crippen LogP contribution in [0.2, 0.25) is 0 Å². The summed E-state index contributed by atoms with van der Waals surface area (Å²) in [4.78, 5) is 53.9. The van der Waals surface area contributed by atoms with Crippen molar-refractivity contribution in [3.8, 4) is 0 Å². The number of aliphatic hydroxyl groups excluding tert-OH is 5. The van der Waals surface area contributed by atoms with Crippen molar-refractivity contribution in [3.63, 3.8) is 0 Å². The number of rotatable bonds is 12. The van der Waals surface area contributed by atoms with Gasteiger partial charge in [-0.15, -0.1) is 35.9 Å². The fraction of sp³-hybridized carbons (Fsp3) is 0.333. The van der Waals surface area contributed by atoms with Crippen LogP contribution in [0.5, 0.6) is 0 Å². The summed E-state index contributed by atoms with van der Waals surface area (Å²) in [5.41, 5.74) is 8.66. The van der Waals surface area contributed by atoms with Crippen LogP contribution in [0.3, 0.4) is 0 Å². The summed E-state index contributed by atoms with van der Waals surface area (Å²) < 4.78 is 40.5. The van der Waals surface area contributed by atoms with Gasteiger partial charge in [0.15, 0.2) is 18.3 Å². The van der Waals surface area contributed by atoms with E-state index in [-0.39, 0.29) is 35.8 Å². The number of ether oxygens (including phenoxy) is 3. The molecule has 1 fully saturated rings. The Balaban J connectivity index is 0.000000249. The number of fused-ring (bicyclic) bond motifs is 2. The lowest BCUT2D eigenvalue weighted by Crippen LogP contribution is -2.56. The van der Waals surface area contributed by atoms with Gasteiger partial charge in [0, 0.05) is 49.6 Å². The van der Waals surface area contributed by atoms with E-state index in [1.165, 1.54) is 97.6 Å². The molecule has 8 N–H and O–H groups in total. The number of carbonyl (C=O) groups excluding carboxylic acids is 4. The van der Waals surface area contributed by atoms with Crippen LogP contribution in [0.4, 0.5) is 20.2 Å². The fourth-order valence-electron chi connectivity index (χ4n) is 6.95. The number of nitrogens with two attached hydrogens (primary N) is 1. The summed E-state index contributed by atoms with van der Waals surface area (Å²) >= 11 is 3.05. The molecule has 4 aromatic carbocycles. The van der Waals surface area contributed by atoms with E-state index in [2.05, 4.69) is 5.32 Å². The fourth-order valence-corrected chi connectivity index (χ4v) is 9.08. The Morgan fingerprint density at radius 3 is 1.77 bits per heavy atom. The van der Waals surface area contributed by atoms with E-state index in [9.17, 15) is 53.5 Å². The minimum absolute atomic E-state index is 0. The van der Waals surface area contributed by atoms with Gasteiger partial charge >= 0.3 is 5.97 Å². The minimum Gasteiger partial charge on any atom is -0.454 e. The number of thioether (sulfide) groups is 2. The average molecular weight is 1020 g/mol. The zero-order chi connectivity index (χ0) is 49.7. The van der Waals surface area contributed by atoms with Gasteiger partial charge in [-0.1, -0.05) is 72.8 Å². The summed E-state index contributed by atoms with van der Waals surface area (Å²) in [6, 6.07) is 25.0. The molecule has 21 heteroatoms. The van der Waals surface area contributed by atoms with E-state index in [4.69, 9.17) is 19.9 Å².